The van der Waals surface area contributed by atoms with Crippen LogP contribution in [0.15, 0.2) is 60.9 Å². The molecule has 1 atom stereocenters. The topological polar surface area (TPSA) is 87.2 Å². The minimum Gasteiger partial charge on any atom is -0.359 e. The number of hydrogen-bond donors (Lipinski definition) is 2. The first kappa shape index (κ1) is 19.2. The molecule has 1 unspecified atom stereocenters. The average molecular weight is 413 g/mol. The van der Waals surface area contributed by atoms with Crippen molar-refractivity contribution < 1.29 is 9.59 Å². The van der Waals surface area contributed by atoms with Gasteiger partial charge in [0.1, 0.15) is 0 Å². The van der Waals surface area contributed by atoms with E-state index >= 15 is 0 Å². The van der Waals surface area contributed by atoms with Crippen molar-refractivity contribution in [3.63, 3.8) is 0 Å². The highest BCUT2D eigenvalue weighted by atomic mass is 16.2. The summed E-state index contributed by atoms with van der Waals surface area (Å²) in [5.74, 6) is 0.321. The summed E-state index contributed by atoms with van der Waals surface area (Å²) in [4.78, 5) is 36.0. The number of carbonyl (C=O) groups excluding carboxylic acids is 2. The number of benzene rings is 1. The van der Waals surface area contributed by atoms with Gasteiger partial charge in [-0.05, 0) is 48.6 Å². The molecule has 156 valence electrons. The summed E-state index contributed by atoms with van der Waals surface area (Å²) in [6.45, 7) is 0.494. The number of amides is 2. The maximum Gasteiger partial charge on any atom is 0.253 e. The van der Waals surface area contributed by atoms with E-state index in [9.17, 15) is 9.59 Å². The fraction of sp³-hybridized carbons (Fsp3) is 0.250. The Morgan fingerprint density at radius 1 is 1.16 bits per heavy atom. The summed E-state index contributed by atoms with van der Waals surface area (Å²) in [6, 6.07) is 15.6. The molecule has 2 aromatic heterocycles. The van der Waals surface area contributed by atoms with E-state index in [0.29, 0.717) is 23.6 Å². The van der Waals surface area contributed by atoms with Crippen LogP contribution in [0.3, 0.4) is 0 Å². The predicted molar refractivity (Wildman–Crippen MR) is 118 cm³/mol. The molecule has 31 heavy (non-hydrogen) atoms. The van der Waals surface area contributed by atoms with Crippen LogP contribution in [0.2, 0.25) is 0 Å². The van der Waals surface area contributed by atoms with Crippen LogP contribution in [-0.4, -0.2) is 28.3 Å². The largest absolute Gasteiger partial charge is 0.359 e. The Hall–Kier alpha value is -3.74. The minimum atomic E-state index is -0.187. The molecule has 0 saturated carbocycles. The van der Waals surface area contributed by atoms with E-state index in [0.717, 1.165) is 25.0 Å². The quantitative estimate of drug-likeness (QED) is 0.686. The fourth-order valence-electron chi connectivity index (χ4n) is 4.28. The molecule has 0 spiro atoms. The van der Waals surface area contributed by atoms with Crippen LogP contribution in [0.4, 0.5) is 11.5 Å². The molecule has 7 nitrogen and oxygen atoms in total. The van der Waals surface area contributed by atoms with Gasteiger partial charge in [-0.2, -0.15) is 0 Å². The highest BCUT2D eigenvalue weighted by molar-refractivity contribution is 6.04. The first-order valence-corrected chi connectivity index (χ1v) is 10.5. The number of carbonyl (C=O) groups is 2. The lowest BCUT2D eigenvalue weighted by atomic mass is 9.87. The molecule has 5 rings (SSSR count). The maximum atomic E-state index is 13.1. The van der Waals surface area contributed by atoms with Crippen LogP contribution in [-0.2, 0) is 17.8 Å². The molecule has 2 amide bonds. The highest BCUT2D eigenvalue weighted by Gasteiger charge is 2.27. The van der Waals surface area contributed by atoms with Crippen LogP contribution in [0.5, 0.6) is 0 Å². The standard InChI is InChI=1S/C24H23N5O2/c30-22-14-27-23-21(29(22)15-18-8-3-4-11-25-18)12-17(13-26-23)24(31)28-20-10-5-7-16-6-1-2-9-19(16)20/h1-4,6,8-9,11-13,20H,5,7,10,14-15H2,(H,26,27)(H,28,31). The third-order valence-electron chi connectivity index (χ3n) is 5.85. The number of aryl methyl sites for hydroxylation is 1. The van der Waals surface area contributed by atoms with Crippen molar-refractivity contribution in [2.75, 3.05) is 16.8 Å². The number of pyridine rings is 2. The van der Waals surface area contributed by atoms with Crippen LogP contribution in [0.1, 0.15) is 46.1 Å². The normalized spacial score (nSPS) is 17.4. The molecule has 0 radical (unpaired) electrons. The van der Waals surface area contributed by atoms with Crippen LogP contribution >= 0.6 is 0 Å². The molecule has 0 fully saturated rings. The van der Waals surface area contributed by atoms with Crippen molar-refractivity contribution in [3.05, 3.63) is 83.3 Å². The molecule has 7 heteroatoms. The Labute approximate surface area is 180 Å². The molecular formula is C24H23N5O2. The van der Waals surface area contributed by atoms with E-state index in [1.807, 2.05) is 30.3 Å². The summed E-state index contributed by atoms with van der Waals surface area (Å²) in [5, 5.41) is 6.19. The van der Waals surface area contributed by atoms with Crippen LogP contribution in [0, 0.1) is 0 Å². The van der Waals surface area contributed by atoms with Crippen molar-refractivity contribution >= 4 is 23.3 Å². The molecule has 2 aliphatic rings. The monoisotopic (exact) mass is 413 g/mol. The van der Waals surface area contributed by atoms with Gasteiger partial charge in [0.05, 0.1) is 36.1 Å². The lowest BCUT2D eigenvalue weighted by Gasteiger charge is -2.30. The van der Waals surface area contributed by atoms with Gasteiger partial charge in [0, 0.05) is 12.4 Å². The number of anilines is 2. The molecule has 1 aliphatic heterocycles. The molecular weight excluding hydrogens is 390 g/mol. The van der Waals surface area contributed by atoms with Crippen molar-refractivity contribution in [1.29, 1.82) is 0 Å². The minimum absolute atomic E-state index is 0.0159. The van der Waals surface area contributed by atoms with E-state index in [1.54, 1.807) is 23.4 Å². The Kier molecular flexibility index (Phi) is 5.08. The third kappa shape index (κ3) is 3.86. The average Bonchev–Trinajstić information content (AvgIpc) is 2.81. The molecule has 3 heterocycles. The number of rotatable bonds is 4. The van der Waals surface area contributed by atoms with Gasteiger partial charge >= 0.3 is 0 Å². The second-order valence-corrected chi connectivity index (χ2v) is 7.86. The van der Waals surface area contributed by atoms with Gasteiger partial charge < -0.3 is 15.5 Å². The lowest BCUT2D eigenvalue weighted by molar-refractivity contribution is -0.117. The Bertz CT molecular complexity index is 1130. The summed E-state index contributed by atoms with van der Waals surface area (Å²) in [7, 11) is 0. The van der Waals surface area contributed by atoms with E-state index in [1.165, 1.54) is 11.1 Å². The van der Waals surface area contributed by atoms with E-state index in [-0.39, 0.29) is 24.4 Å². The second-order valence-electron chi connectivity index (χ2n) is 7.86. The Morgan fingerprint density at radius 3 is 2.90 bits per heavy atom. The number of aromatic nitrogens is 2. The van der Waals surface area contributed by atoms with Crippen LogP contribution in [0.25, 0.3) is 0 Å². The first-order chi connectivity index (χ1) is 15.2. The fourth-order valence-corrected chi connectivity index (χ4v) is 4.28. The van der Waals surface area contributed by atoms with Crippen molar-refractivity contribution in [1.82, 2.24) is 15.3 Å². The van der Waals surface area contributed by atoms with E-state index in [2.05, 4.69) is 32.7 Å². The SMILES string of the molecule is O=C(NC1CCCc2ccccc21)c1cnc2c(c1)N(Cc1ccccn1)C(=O)CN2. The van der Waals surface area contributed by atoms with Crippen molar-refractivity contribution in [2.45, 2.75) is 31.8 Å². The third-order valence-corrected chi connectivity index (χ3v) is 5.85. The number of fused-ring (bicyclic) bond motifs is 2. The van der Waals surface area contributed by atoms with Gasteiger partial charge in [-0.1, -0.05) is 30.3 Å². The highest BCUT2D eigenvalue weighted by Crippen LogP contribution is 2.32. The number of hydrogen-bond acceptors (Lipinski definition) is 5. The lowest BCUT2D eigenvalue weighted by Crippen LogP contribution is -2.40. The molecule has 3 aromatic rings. The smallest absolute Gasteiger partial charge is 0.253 e. The molecule has 0 saturated heterocycles. The molecule has 1 aromatic carbocycles. The summed E-state index contributed by atoms with van der Waals surface area (Å²) in [6.07, 6.45) is 6.25. The molecule has 0 bridgehead atoms. The summed E-state index contributed by atoms with van der Waals surface area (Å²) < 4.78 is 0. The number of nitrogens with one attached hydrogen (secondary N) is 2. The molecule has 1 aliphatic carbocycles. The van der Waals surface area contributed by atoms with Crippen molar-refractivity contribution in [2.24, 2.45) is 0 Å². The van der Waals surface area contributed by atoms with Gasteiger partial charge in [0.25, 0.3) is 5.91 Å². The molecule has 2 N–H and O–H groups in total. The van der Waals surface area contributed by atoms with Gasteiger partial charge in [-0.15, -0.1) is 0 Å². The zero-order valence-electron chi connectivity index (χ0n) is 17.0. The van der Waals surface area contributed by atoms with Gasteiger partial charge in [-0.3, -0.25) is 14.6 Å². The van der Waals surface area contributed by atoms with E-state index < -0.39 is 0 Å². The maximum absolute atomic E-state index is 13.1. The zero-order chi connectivity index (χ0) is 21.2. The van der Waals surface area contributed by atoms with E-state index in [4.69, 9.17) is 0 Å². The number of nitrogens with zero attached hydrogens (tertiary/aromatic N) is 3. The summed E-state index contributed by atoms with van der Waals surface area (Å²) in [5.41, 5.74) is 4.28. The summed E-state index contributed by atoms with van der Waals surface area (Å²) >= 11 is 0. The first-order valence-electron chi connectivity index (χ1n) is 10.5. The Morgan fingerprint density at radius 2 is 2.03 bits per heavy atom. The predicted octanol–water partition coefficient (Wildman–Crippen LogP) is 3.24. The zero-order valence-corrected chi connectivity index (χ0v) is 17.0. The Balaban J connectivity index is 1.40. The van der Waals surface area contributed by atoms with Crippen molar-refractivity contribution in [3.8, 4) is 0 Å². The van der Waals surface area contributed by atoms with Crippen LogP contribution < -0.4 is 15.5 Å². The van der Waals surface area contributed by atoms with Gasteiger partial charge in [0.2, 0.25) is 5.91 Å². The van der Waals surface area contributed by atoms with Gasteiger partial charge in [-0.25, -0.2) is 4.98 Å². The van der Waals surface area contributed by atoms with Gasteiger partial charge in [0.15, 0.2) is 5.82 Å². The second kappa shape index (κ2) is 8.18.